The normalized spacial score (nSPS) is 12.4. The largest absolute Gasteiger partial charge is 0.396 e. The molecule has 2 aromatic heterocycles. The van der Waals surface area contributed by atoms with E-state index in [1.807, 2.05) is 24.3 Å². The molecule has 0 amide bonds. The van der Waals surface area contributed by atoms with Crippen LogP contribution < -0.4 is 5.32 Å². The van der Waals surface area contributed by atoms with E-state index >= 15 is 0 Å². The van der Waals surface area contributed by atoms with E-state index in [-0.39, 0.29) is 12.6 Å². The summed E-state index contributed by atoms with van der Waals surface area (Å²) >= 11 is 0. The smallest absolute Gasteiger partial charge is 0.254 e. The average Bonchev–Trinajstić information content (AvgIpc) is 3.07. The molecule has 3 aromatic rings. The molecule has 6 heteroatoms. The molecular weight excluding hydrogens is 290 g/mol. The molecule has 0 radical (unpaired) electrons. The highest BCUT2D eigenvalue weighted by Gasteiger charge is 2.14. The fourth-order valence-electron chi connectivity index (χ4n) is 2.63. The van der Waals surface area contributed by atoms with Crippen molar-refractivity contribution in [2.75, 3.05) is 11.9 Å². The monoisotopic (exact) mass is 311 g/mol. The van der Waals surface area contributed by atoms with Crippen LogP contribution in [0.3, 0.4) is 0 Å². The molecule has 3 rings (SSSR count). The zero-order valence-electron chi connectivity index (χ0n) is 13.2. The molecule has 6 nitrogen and oxygen atoms in total. The van der Waals surface area contributed by atoms with Crippen molar-refractivity contribution in [1.82, 2.24) is 19.6 Å². The summed E-state index contributed by atoms with van der Waals surface area (Å²) < 4.78 is 1.72. The van der Waals surface area contributed by atoms with Gasteiger partial charge in [0.1, 0.15) is 12.1 Å². The number of nitrogens with one attached hydrogen (secondary N) is 1. The first kappa shape index (κ1) is 15.4. The van der Waals surface area contributed by atoms with Crippen LogP contribution in [0.4, 0.5) is 5.82 Å². The van der Waals surface area contributed by atoms with E-state index in [2.05, 4.69) is 39.4 Å². The molecule has 0 spiro atoms. The molecule has 120 valence electrons. The lowest BCUT2D eigenvalue weighted by molar-refractivity contribution is 0.281. The third kappa shape index (κ3) is 3.48. The third-order valence-corrected chi connectivity index (χ3v) is 3.84. The number of fused-ring (bicyclic) bond motifs is 1. The van der Waals surface area contributed by atoms with Gasteiger partial charge in [0, 0.05) is 18.4 Å². The van der Waals surface area contributed by atoms with Gasteiger partial charge in [-0.25, -0.2) is 4.98 Å². The van der Waals surface area contributed by atoms with Crippen molar-refractivity contribution in [1.29, 1.82) is 0 Å². The lowest BCUT2D eigenvalue weighted by Crippen LogP contribution is -2.15. The van der Waals surface area contributed by atoms with Crippen LogP contribution in [-0.2, 0) is 6.42 Å². The van der Waals surface area contributed by atoms with E-state index < -0.39 is 0 Å². The van der Waals surface area contributed by atoms with Gasteiger partial charge in [-0.2, -0.15) is 14.6 Å². The number of aliphatic hydroxyl groups excluding tert-OH is 1. The van der Waals surface area contributed by atoms with E-state index in [1.165, 1.54) is 11.9 Å². The van der Waals surface area contributed by atoms with E-state index in [9.17, 15) is 5.11 Å². The highest BCUT2D eigenvalue weighted by molar-refractivity contribution is 5.46. The molecular formula is C17H21N5O. The van der Waals surface area contributed by atoms with Gasteiger partial charge < -0.3 is 10.4 Å². The highest BCUT2D eigenvalue weighted by Crippen LogP contribution is 2.24. The van der Waals surface area contributed by atoms with Gasteiger partial charge in [0.2, 0.25) is 0 Å². The molecule has 0 fully saturated rings. The van der Waals surface area contributed by atoms with Gasteiger partial charge in [-0.1, -0.05) is 37.3 Å². The number of hydrogen-bond acceptors (Lipinski definition) is 5. The molecule has 1 atom stereocenters. The van der Waals surface area contributed by atoms with Crippen molar-refractivity contribution in [3.05, 3.63) is 54.0 Å². The Hall–Kier alpha value is -2.47. The molecule has 1 aromatic carbocycles. The molecule has 0 aliphatic carbocycles. The number of hydrogen-bond donors (Lipinski definition) is 2. The summed E-state index contributed by atoms with van der Waals surface area (Å²) in [5.41, 5.74) is 2.16. The standard InChI is InChI=1S/C17H21N5O/c1-2-14-11-16(22-17(20-14)18-12-19-22)21-15(9-6-10-23)13-7-4-3-5-8-13/h3-5,7-8,11-12,15,21,23H,2,6,9-10H2,1H3. The SMILES string of the molecule is CCc1cc(NC(CCCO)c2ccccc2)n2ncnc2n1. The Morgan fingerprint density at radius 1 is 1.26 bits per heavy atom. The summed E-state index contributed by atoms with van der Waals surface area (Å²) in [6.45, 7) is 2.25. The fourth-order valence-corrected chi connectivity index (χ4v) is 2.63. The Kier molecular flexibility index (Phi) is 4.83. The van der Waals surface area contributed by atoms with E-state index in [0.717, 1.165) is 30.8 Å². The Morgan fingerprint density at radius 2 is 2.09 bits per heavy atom. The molecule has 0 aliphatic rings. The Morgan fingerprint density at radius 3 is 2.83 bits per heavy atom. The molecule has 2 N–H and O–H groups in total. The molecule has 1 unspecified atom stereocenters. The van der Waals surface area contributed by atoms with Crippen molar-refractivity contribution >= 4 is 11.6 Å². The topological polar surface area (TPSA) is 75.3 Å². The zero-order valence-corrected chi connectivity index (χ0v) is 13.2. The Labute approximate surface area is 135 Å². The minimum atomic E-state index is 0.0999. The van der Waals surface area contributed by atoms with Gasteiger partial charge in [0.05, 0.1) is 6.04 Å². The molecule has 23 heavy (non-hydrogen) atoms. The lowest BCUT2D eigenvalue weighted by atomic mass is 10.0. The van der Waals surface area contributed by atoms with Gasteiger partial charge in [0.15, 0.2) is 0 Å². The maximum atomic E-state index is 9.18. The minimum Gasteiger partial charge on any atom is -0.396 e. The number of nitrogens with zero attached hydrogens (tertiary/aromatic N) is 4. The van der Waals surface area contributed by atoms with Crippen LogP contribution in [-0.4, -0.2) is 31.3 Å². The molecule has 2 heterocycles. The first-order chi connectivity index (χ1) is 11.3. The van der Waals surface area contributed by atoms with Crippen LogP contribution in [0.2, 0.25) is 0 Å². The summed E-state index contributed by atoms with van der Waals surface area (Å²) in [7, 11) is 0. The van der Waals surface area contributed by atoms with Gasteiger partial charge in [-0.15, -0.1) is 0 Å². The first-order valence-corrected chi connectivity index (χ1v) is 7.93. The quantitative estimate of drug-likeness (QED) is 0.701. The second-order valence-electron chi connectivity index (χ2n) is 5.43. The van der Waals surface area contributed by atoms with Crippen molar-refractivity contribution < 1.29 is 5.11 Å². The van der Waals surface area contributed by atoms with Crippen molar-refractivity contribution in [2.45, 2.75) is 32.2 Å². The summed E-state index contributed by atoms with van der Waals surface area (Å²) in [6, 6.07) is 12.4. The minimum absolute atomic E-state index is 0.0999. The molecule has 0 bridgehead atoms. The van der Waals surface area contributed by atoms with Crippen LogP contribution in [0, 0.1) is 0 Å². The number of aryl methyl sites for hydroxylation is 1. The Bertz CT molecular complexity index is 756. The van der Waals surface area contributed by atoms with Crippen LogP contribution in [0.1, 0.15) is 37.1 Å². The van der Waals surface area contributed by atoms with Crippen molar-refractivity contribution in [3.63, 3.8) is 0 Å². The maximum absolute atomic E-state index is 9.18. The van der Waals surface area contributed by atoms with Crippen LogP contribution in [0.25, 0.3) is 5.78 Å². The summed E-state index contributed by atoms with van der Waals surface area (Å²) in [4.78, 5) is 8.66. The second-order valence-corrected chi connectivity index (χ2v) is 5.43. The van der Waals surface area contributed by atoms with Crippen molar-refractivity contribution in [2.24, 2.45) is 0 Å². The lowest BCUT2D eigenvalue weighted by Gasteiger charge is -2.20. The summed E-state index contributed by atoms with van der Waals surface area (Å²) in [5.74, 6) is 1.47. The zero-order chi connectivity index (χ0) is 16.1. The van der Waals surface area contributed by atoms with Crippen LogP contribution in [0.15, 0.2) is 42.7 Å². The van der Waals surface area contributed by atoms with Gasteiger partial charge in [-0.3, -0.25) is 0 Å². The molecule has 0 saturated heterocycles. The predicted molar refractivity (Wildman–Crippen MR) is 89.3 cm³/mol. The third-order valence-electron chi connectivity index (χ3n) is 3.84. The van der Waals surface area contributed by atoms with Crippen LogP contribution >= 0.6 is 0 Å². The average molecular weight is 311 g/mol. The first-order valence-electron chi connectivity index (χ1n) is 7.93. The number of anilines is 1. The summed E-state index contributed by atoms with van der Waals surface area (Å²) in [5, 5.41) is 17.0. The van der Waals surface area contributed by atoms with Crippen LogP contribution in [0.5, 0.6) is 0 Å². The van der Waals surface area contributed by atoms with Gasteiger partial charge in [0.25, 0.3) is 5.78 Å². The second kappa shape index (κ2) is 7.19. The van der Waals surface area contributed by atoms with E-state index in [0.29, 0.717) is 5.78 Å². The number of benzene rings is 1. The van der Waals surface area contributed by atoms with E-state index in [4.69, 9.17) is 0 Å². The van der Waals surface area contributed by atoms with Gasteiger partial charge >= 0.3 is 0 Å². The van der Waals surface area contributed by atoms with Gasteiger partial charge in [-0.05, 0) is 24.8 Å². The Balaban J connectivity index is 1.94. The molecule has 0 saturated carbocycles. The van der Waals surface area contributed by atoms with E-state index in [1.54, 1.807) is 4.52 Å². The fraction of sp³-hybridized carbons (Fsp3) is 0.353. The number of aromatic nitrogens is 4. The summed E-state index contributed by atoms with van der Waals surface area (Å²) in [6.07, 6.45) is 3.92. The van der Waals surface area contributed by atoms with Crippen molar-refractivity contribution in [3.8, 4) is 0 Å². The number of aliphatic hydroxyl groups is 1. The number of rotatable bonds is 7. The maximum Gasteiger partial charge on any atom is 0.254 e. The highest BCUT2D eigenvalue weighted by atomic mass is 16.2. The predicted octanol–water partition coefficient (Wildman–Crippen LogP) is 2.61. The molecule has 0 aliphatic heterocycles.